The standard InChI is InChI=1S/C38H53B2NO4S/c1-13-14-15-16-27-21-25(2)34(26(3)22-27)41-30-19-17-28(39(12)43-36(6,7)35(4,5)42)23-32(30)46-33-24-29(18-20-31(33)41)40-44-37(8,9)38(10,11)45-40/h17-24,42H,13-16H2,1-12H3. The van der Waals surface area contributed by atoms with E-state index in [1.54, 1.807) is 25.6 Å². The number of benzene rings is 3. The van der Waals surface area contributed by atoms with Gasteiger partial charge in [0.1, 0.15) is 0 Å². The van der Waals surface area contributed by atoms with Crippen molar-refractivity contribution in [1.29, 1.82) is 0 Å². The van der Waals surface area contributed by atoms with Crippen LogP contribution in [0.1, 0.15) is 98.3 Å². The Bertz CT molecular complexity index is 1560. The number of hydrogen-bond donors (Lipinski definition) is 1. The van der Waals surface area contributed by atoms with Gasteiger partial charge in [-0.05, 0) is 134 Å². The molecule has 0 bridgehead atoms. The molecule has 0 unspecified atom stereocenters. The number of rotatable bonds is 10. The zero-order valence-electron chi connectivity index (χ0n) is 30.1. The molecule has 8 heteroatoms. The van der Waals surface area contributed by atoms with Crippen molar-refractivity contribution in [3.8, 4) is 0 Å². The molecule has 5 rings (SSSR count). The van der Waals surface area contributed by atoms with E-state index >= 15 is 0 Å². The Morgan fingerprint density at radius 1 is 0.870 bits per heavy atom. The van der Waals surface area contributed by atoms with Crippen LogP contribution in [0.25, 0.3) is 0 Å². The number of nitrogens with zero attached hydrogens (tertiary/aromatic N) is 1. The lowest BCUT2D eigenvalue weighted by Gasteiger charge is -2.39. The smallest absolute Gasteiger partial charge is 0.423 e. The minimum Gasteiger partial charge on any atom is -0.423 e. The fraction of sp³-hybridized carbons (Fsp3) is 0.526. The van der Waals surface area contributed by atoms with Crippen LogP contribution < -0.4 is 15.8 Å². The number of aliphatic hydroxyl groups is 1. The van der Waals surface area contributed by atoms with Crippen molar-refractivity contribution < 1.29 is 19.1 Å². The van der Waals surface area contributed by atoms with Crippen LogP contribution in [0, 0.1) is 13.8 Å². The van der Waals surface area contributed by atoms with Crippen LogP contribution in [0.15, 0.2) is 58.3 Å². The van der Waals surface area contributed by atoms with Gasteiger partial charge < -0.3 is 24.0 Å². The molecule has 0 atom stereocenters. The lowest BCUT2D eigenvalue weighted by molar-refractivity contribution is -0.0918. The van der Waals surface area contributed by atoms with Crippen LogP contribution in [0.5, 0.6) is 0 Å². The summed E-state index contributed by atoms with van der Waals surface area (Å²) < 4.78 is 19.4. The van der Waals surface area contributed by atoms with E-state index in [0.717, 1.165) is 33.6 Å². The Morgan fingerprint density at radius 3 is 2.00 bits per heavy atom. The predicted octanol–water partition coefficient (Wildman–Crippen LogP) is 8.66. The summed E-state index contributed by atoms with van der Waals surface area (Å²) in [6.45, 7) is 24.5. The molecule has 3 aromatic carbocycles. The first kappa shape index (κ1) is 35.1. The Kier molecular flexibility index (Phi) is 9.66. The predicted molar refractivity (Wildman–Crippen MR) is 196 cm³/mol. The summed E-state index contributed by atoms with van der Waals surface area (Å²) in [7, 11) is -0.430. The number of hydrogen-bond acceptors (Lipinski definition) is 6. The molecule has 2 heterocycles. The Labute approximate surface area is 283 Å². The number of aryl methyl sites for hydroxylation is 3. The molecule has 1 fully saturated rings. The highest BCUT2D eigenvalue weighted by atomic mass is 32.2. The number of anilines is 3. The fourth-order valence-electron chi connectivity index (χ4n) is 6.24. The fourth-order valence-corrected chi connectivity index (χ4v) is 7.39. The van der Waals surface area contributed by atoms with Gasteiger partial charge >= 0.3 is 14.0 Å². The van der Waals surface area contributed by atoms with E-state index in [9.17, 15) is 5.11 Å². The van der Waals surface area contributed by atoms with Gasteiger partial charge in [0, 0.05) is 9.79 Å². The third-order valence-corrected chi connectivity index (χ3v) is 11.5. The molecule has 2 aliphatic rings. The average molecular weight is 642 g/mol. The minimum absolute atomic E-state index is 0.205. The molecule has 5 nitrogen and oxygen atoms in total. The summed E-state index contributed by atoms with van der Waals surface area (Å²) in [6.07, 6.45) is 4.81. The van der Waals surface area contributed by atoms with Crippen LogP contribution >= 0.6 is 11.8 Å². The summed E-state index contributed by atoms with van der Waals surface area (Å²) in [6, 6.07) is 18.0. The number of fused-ring (bicyclic) bond motifs is 2. The number of unbranched alkanes of at least 4 members (excludes halogenated alkanes) is 2. The molecule has 0 radical (unpaired) electrons. The van der Waals surface area contributed by atoms with Crippen molar-refractivity contribution in [2.24, 2.45) is 0 Å². The summed E-state index contributed by atoms with van der Waals surface area (Å²) in [4.78, 5) is 4.76. The molecule has 0 amide bonds. The van der Waals surface area contributed by atoms with Gasteiger partial charge in [-0.3, -0.25) is 0 Å². The van der Waals surface area contributed by atoms with Gasteiger partial charge in [-0.2, -0.15) is 0 Å². The SMILES string of the molecule is CCCCCc1cc(C)c(N2c3ccc(B(C)OC(C)(C)C(C)(C)O)cc3Sc3cc(B4OC(C)(C)C(C)(C)O4)ccc32)c(C)c1. The zero-order chi connectivity index (χ0) is 33.8. The maximum Gasteiger partial charge on any atom is 0.494 e. The van der Waals surface area contributed by atoms with Gasteiger partial charge in [-0.1, -0.05) is 62.6 Å². The molecule has 1 N–H and O–H groups in total. The maximum absolute atomic E-state index is 10.8. The zero-order valence-corrected chi connectivity index (χ0v) is 30.9. The molecule has 246 valence electrons. The van der Waals surface area contributed by atoms with Crippen LogP contribution in [-0.4, -0.2) is 41.5 Å². The normalized spacial score (nSPS) is 17.2. The van der Waals surface area contributed by atoms with E-state index < -0.39 is 29.5 Å². The molecule has 0 aliphatic carbocycles. The third-order valence-electron chi connectivity index (χ3n) is 10.5. The van der Waals surface area contributed by atoms with E-state index in [1.807, 2.05) is 13.8 Å². The van der Waals surface area contributed by atoms with Crippen LogP contribution in [0.4, 0.5) is 17.1 Å². The molecule has 0 saturated carbocycles. The van der Waals surface area contributed by atoms with E-state index in [-0.39, 0.29) is 6.92 Å². The second-order valence-corrected chi connectivity index (χ2v) is 16.4. The first-order valence-electron chi connectivity index (χ1n) is 17.0. The van der Waals surface area contributed by atoms with Crippen molar-refractivity contribution in [3.05, 3.63) is 65.2 Å². The van der Waals surface area contributed by atoms with Crippen molar-refractivity contribution in [1.82, 2.24) is 0 Å². The molecule has 0 spiro atoms. The summed E-state index contributed by atoms with van der Waals surface area (Å²) in [5.41, 5.74) is 7.07. The minimum atomic E-state index is -0.984. The molecule has 46 heavy (non-hydrogen) atoms. The lowest BCUT2D eigenvalue weighted by Crippen LogP contribution is -2.52. The van der Waals surface area contributed by atoms with E-state index in [1.165, 1.54) is 46.5 Å². The molecule has 3 aromatic rings. The monoisotopic (exact) mass is 641 g/mol. The topological polar surface area (TPSA) is 51.2 Å². The van der Waals surface area contributed by atoms with Crippen LogP contribution in [-0.2, 0) is 20.4 Å². The first-order valence-corrected chi connectivity index (χ1v) is 17.8. The largest absolute Gasteiger partial charge is 0.494 e. The second-order valence-electron chi connectivity index (χ2n) is 15.3. The summed E-state index contributed by atoms with van der Waals surface area (Å²) in [5, 5.41) is 10.8. The highest BCUT2D eigenvalue weighted by molar-refractivity contribution is 7.99. The van der Waals surface area contributed by atoms with Gasteiger partial charge in [0.05, 0.1) is 39.5 Å². The van der Waals surface area contributed by atoms with Gasteiger partial charge in [-0.15, -0.1) is 0 Å². The van der Waals surface area contributed by atoms with Crippen LogP contribution in [0.2, 0.25) is 6.82 Å². The third kappa shape index (κ3) is 6.71. The van der Waals surface area contributed by atoms with Crippen molar-refractivity contribution in [3.63, 3.8) is 0 Å². The molecular weight excluding hydrogens is 588 g/mol. The van der Waals surface area contributed by atoms with Crippen molar-refractivity contribution >= 4 is 53.8 Å². The van der Waals surface area contributed by atoms with E-state index in [2.05, 4.69) is 109 Å². The first-order chi connectivity index (χ1) is 21.3. The summed E-state index contributed by atoms with van der Waals surface area (Å²) >= 11 is 1.78. The Balaban J connectivity index is 1.59. The Morgan fingerprint density at radius 2 is 1.43 bits per heavy atom. The quantitative estimate of drug-likeness (QED) is 0.138. The molecule has 0 aromatic heterocycles. The summed E-state index contributed by atoms with van der Waals surface area (Å²) in [5.74, 6) is 0. The molecular formula is C38H53B2NO4S. The Hall–Kier alpha value is -2.22. The highest BCUT2D eigenvalue weighted by Crippen LogP contribution is 2.52. The van der Waals surface area contributed by atoms with Gasteiger partial charge in [-0.25, -0.2) is 0 Å². The maximum atomic E-state index is 10.8. The molecule has 1 saturated heterocycles. The lowest BCUT2D eigenvalue weighted by atomic mass is 9.62. The second kappa shape index (κ2) is 12.7. The van der Waals surface area contributed by atoms with Gasteiger partial charge in [0.25, 0.3) is 0 Å². The van der Waals surface area contributed by atoms with E-state index in [4.69, 9.17) is 14.0 Å². The van der Waals surface area contributed by atoms with Gasteiger partial charge in [0.2, 0.25) is 0 Å². The van der Waals surface area contributed by atoms with Gasteiger partial charge in [0.15, 0.2) is 0 Å². The van der Waals surface area contributed by atoms with Crippen molar-refractivity contribution in [2.75, 3.05) is 4.90 Å². The highest BCUT2D eigenvalue weighted by Gasteiger charge is 2.52. The van der Waals surface area contributed by atoms with Crippen molar-refractivity contribution in [2.45, 2.75) is 141 Å². The molecule has 2 aliphatic heterocycles. The van der Waals surface area contributed by atoms with E-state index in [0.29, 0.717) is 0 Å². The average Bonchev–Trinajstić information content (AvgIpc) is 3.17. The van der Waals surface area contributed by atoms with Crippen LogP contribution in [0.3, 0.4) is 0 Å².